The van der Waals surface area contributed by atoms with E-state index in [2.05, 4.69) is 11.4 Å². The number of aliphatic hydroxyl groups excluding tert-OH is 1. The Morgan fingerprint density at radius 1 is 1.55 bits per heavy atom. The third-order valence-electron chi connectivity index (χ3n) is 2.93. The molecule has 0 saturated heterocycles. The van der Waals surface area contributed by atoms with Crippen LogP contribution in [-0.2, 0) is 4.79 Å². The SMILES string of the molecule is CC(CO)CCCNC(=O)/C=C/c1cccc(C#N)c1. The smallest absolute Gasteiger partial charge is 0.243 e. The highest BCUT2D eigenvalue weighted by Crippen LogP contribution is 2.06. The predicted octanol–water partition coefficient (Wildman–Crippen LogP) is 2.10. The number of rotatable bonds is 7. The van der Waals surface area contributed by atoms with Crippen LogP contribution < -0.4 is 5.32 Å². The molecule has 0 bridgehead atoms. The number of carbonyl (C=O) groups excluding carboxylic acids is 1. The maximum absolute atomic E-state index is 11.6. The molecule has 0 aromatic heterocycles. The first kappa shape index (κ1) is 15.9. The second kappa shape index (κ2) is 8.89. The fourth-order valence-corrected chi connectivity index (χ4v) is 1.70. The lowest BCUT2D eigenvalue weighted by Gasteiger charge is -2.07. The highest BCUT2D eigenvalue weighted by atomic mass is 16.3. The van der Waals surface area contributed by atoms with Crippen LogP contribution in [0.1, 0.15) is 30.9 Å². The number of nitrogens with one attached hydrogen (secondary N) is 1. The van der Waals surface area contributed by atoms with Gasteiger partial charge in [0, 0.05) is 19.2 Å². The Morgan fingerprint density at radius 3 is 3.05 bits per heavy atom. The van der Waals surface area contributed by atoms with E-state index in [1.54, 1.807) is 24.3 Å². The Bertz CT molecular complexity index is 503. The van der Waals surface area contributed by atoms with E-state index >= 15 is 0 Å². The van der Waals surface area contributed by atoms with Crippen LogP contribution in [-0.4, -0.2) is 24.2 Å². The van der Waals surface area contributed by atoms with Gasteiger partial charge in [-0.2, -0.15) is 5.26 Å². The van der Waals surface area contributed by atoms with Gasteiger partial charge in [-0.1, -0.05) is 19.1 Å². The third-order valence-corrected chi connectivity index (χ3v) is 2.93. The van der Waals surface area contributed by atoms with Crippen molar-refractivity contribution in [1.29, 1.82) is 5.26 Å². The van der Waals surface area contributed by atoms with Crippen molar-refractivity contribution in [2.45, 2.75) is 19.8 Å². The van der Waals surface area contributed by atoms with Crippen molar-refractivity contribution in [2.24, 2.45) is 5.92 Å². The molecule has 1 amide bonds. The van der Waals surface area contributed by atoms with Crippen molar-refractivity contribution in [3.8, 4) is 6.07 Å². The number of amides is 1. The minimum absolute atomic E-state index is 0.149. The normalized spacial score (nSPS) is 12.1. The first-order chi connectivity index (χ1) is 9.65. The summed E-state index contributed by atoms with van der Waals surface area (Å²) in [7, 11) is 0. The van der Waals surface area contributed by atoms with E-state index in [0.29, 0.717) is 12.1 Å². The van der Waals surface area contributed by atoms with E-state index in [4.69, 9.17) is 10.4 Å². The Kier molecular flexibility index (Phi) is 7.08. The molecule has 0 aliphatic carbocycles. The molecule has 0 aliphatic heterocycles. The van der Waals surface area contributed by atoms with E-state index in [1.807, 2.05) is 13.0 Å². The predicted molar refractivity (Wildman–Crippen MR) is 78.7 cm³/mol. The summed E-state index contributed by atoms with van der Waals surface area (Å²) in [6.45, 7) is 2.76. The van der Waals surface area contributed by atoms with Crippen LogP contribution in [0.5, 0.6) is 0 Å². The van der Waals surface area contributed by atoms with Crippen LogP contribution in [0.4, 0.5) is 0 Å². The summed E-state index contributed by atoms with van der Waals surface area (Å²) < 4.78 is 0. The summed E-state index contributed by atoms with van der Waals surface area (Å²) in [5.41, 5.74) is 1.40. The van der Waals surface area contributed by atoms with Crippen molar-refractivity contribution in [3.05, 3.63) is 41.5 Å². The molecule has 0 saturated carbocycles. The van der Waals surface area contributed by atoms with Gasteiger partial charge in [-0.05, 0) is 42.5 Å². The van der Waals surface area contributed by atoms with Crippen molar-refractivity contribution in [3.63, 3.8) is 0 Å². The topological polar surface area (TPSA) is 73.1 Å². The average molecular weight is 272 g/mol. The van der Waals surface area contributed by atoms with Gasteiger partial charge in [-0.25, -0.2) is 0 Å². The number of nitriles is 1. The Morgan fingerprint density at radius 2 is 2.35 bits per heavy atom. The molecule has 1 atom stereocenters. The number of nitrogens with zero attached hydrogens (tertiary/aromatic N) is 1. The molecule has 0 radical (unpaired) electrons. The Hall–Kier alpha value is -2.12. The van der Waals surface area contributed by atoms with E-state index in [9.17, 15) is 4.79 Å². The van der Waals surface area contributed by atoms with Crippen LogP contribution in [0.15, 0.2) is 30.3 Å². The maximum Gasteiger partial charge on any atom is 0.243 e. The average Bonchev–Trinajstić information content (AvgIpc) is 2.49. The molecule has 1 aromatic carbocycles. The molecule has 0 fully saturated rings. The van der Waals surface area contributed by atoms with Gasteiger partial charge in [0.1, 0.15) is 0 Å². The third kappa shape index (κ3) is 6.17. The highest BCUT2D eigenvalue weighted by Gasteiger charge is 2.00. The number of aliphatic hydroxyl groups is 1. The van der Waals surface area contributed by atoms with Gasteiger partial charge in [-0.15, -0.1) is 0 Å². The molecule has 1 rings (SSSR count). The van der Waals surface area contributed by atoms with Gasteiger partial charge < -0.3 is 10.4 Å². The molecular weight excluding hydrogens is 252 g/mol. The van der Waals surface area contributed by atoms with Crippen LogP contribution in [0.25, 0.3) is 6.08 Å². The quantitative estimate of drug-likeness (QED) is 0.589. The molecule has 20 heavy (non-hydrogen) atoms. The van der Waals surface area contributed by atoms with Crippen molar-refractivity contribution in [1.82, 2.24) is 5.32 Å². The van der Waals surface area contributed by atoms with Crippen LogP contribution in [0.2, 0.25) is 0 Å². The fourth-order valence-electron chi connectivity index (χ4n) is 1.70. The number of benzene rings is 1. The van der Waals surface area contributed by atoms with Gasteiger partial charge in [-0.3, -0.25) is 4.79 Å². The first-order valence-corrected chi connectivity index (χ1v) is 6.72. The monoisotopic (exact) mass is 272 g/mol. The van der Waals surface area contributed by atoms with Crippen molar-refractivity contribution in [2.75, 3.05) is 13.2 Å². The molecule has 1 aromatic rings. The molecule has 0 spiro atoms. The molecule has 0 heterocycles. The van der Waals surface area contributed by atoms with Crippen molar-refractivity contribution >= 4 is 12.0 Å². The highest BCUT2D eigenvalue weighted by molar-refractivity contribution is 5.91. The van der Waals surface area contributed by atoms with E-state index < -0.39 is 0 Å². The van der Waals surface area contributed by atoms with Crippen LogP contribution in [0, 0.1) is 17.2 Å². The van der Waals surface area contributed by atoms with E-state index in [1.165, 1.54) is 6.08 Å². The summed E-state index contributed by atoms with van der Waals surface area (Å²) in [5, 5.41) is 20.4. The van der Waals surface area contributed by atoms with Crippen LogP contribution >= 0.6 is 0 Å². The van der Waals surface area contributed by atoms with Crippen molar-refractivity contribution < 1.29 is 9.90 Å². The Balaban J connectivity index is 2.34. The standard InChI is InChI=1S/C16H20N2O2/c1-13(12-19)4-3-9-18-16(20)8-7-14-5-2-6-15(10-14)11-17/h2,5-8,10,13,19H,3-4,9,12H2,1H3,(H,18,20)/b8-7+. The molecule has 4 heteroatoms. The maximum atomic E-state index is 11.6. The zero-order chi connectivity index (χ0) is 14.8. The molecule has 1 unspecified atom stereocenters. The summed E-state index contributed by atoms with van der Waals surface area (Å²) in [5.74, 6) is 0.125. The lowest BCUT2D eigenvalue weighted by molar-refractivity contribution is -0.116. The number of carbonyl (C=O) groups is 1. The first-order valence-electron chi connectivity index (χ1n) is 6.72. The van der Waals surface area contributed by atoms with Gasteiger partial charge in [0.15, 0.2) is 0 Å². The minimum atomic E-state index is -0.149. The molecule has 2 N–H and O–H groups in total. The zero-order valence-electron chi connectivity index (χ0n) is 11.7. The second-order valence-corrected chi connectivity index (χ2v) is 4.79. The van der Waals surface area contributed by atoms with Gasteiger partial charge in [0.2, 0.25) is 5.91 Å². The summed E-state index contributed by atoms with van der Waals surface area (Å²) in [6.07, 6.45) is 4.90. The second-order valence-electron chi connectivity index (χ2n) is 4.79. The zero-order valence-corrected chi connectivity index (χ0v) is 11.7. The fraction of sp³-hybridized carbons (Fsp3) is 0.375. The van der Waals surface area contributed by atoms with Gasteiger partial charge >= 0.3 is 0 Å². The molecule has 106 valence electrons. The number of hydrogen-bond donors (Lipinski definition) is 2. The lowest BCUT2D eigenvalue weighted by atomic mass is 10.1. The molecule has 0 aliphatic rings. The summed E-state index contributed by atoms with van der Waals surface area (Å²) >= 11 is 0. The van der Waals surface area contributed by atoms with Crippen LogP contribution in [0.3, 0.4) is 0 Å². The minimum Gasteiger partial charge on any atom is -0.396 e. The molecule has 4 nitrogen and oxygen atoms in total. The summed E-state index contributed by atoms with van der Waals surface area (Å²) in [6, 6.07) is 9.13. The Labute approximate surface area is 119 Å². The number of hydrogen-bond acceptors (Lipinski definition) is 3. The van der Waals surface area contributed by atoms with E-state index in [-0.39, 0.29) is 18.4 Å². The molecular formula is C16H20N2O2. The summed E-state index contributed by atoms with van der Waals surface area (Å²) in [4.78, 5) is 11.6. The lowest BCUT2D eigenvalue weighted by Crippen LogP contribution is -2.22. The largest absolute Gasteiger partial charge is 0.396 e. The van der Waals surface area contributed by atoms with E-state index in [0.717, 1.165) is 18.4 Å². The van der Waals surface area contributed by atoms with Gasteiger partial charge in [0.05, 0.1) is 11.6 Å². The van der Waals surface area contributed by atoms with Gasteiger partial charge in [0.25, 0.3) is 0 Å².